The first-order chi connectivity index (χ1) is 11.2. The summed E-state index contributed by atoms with van der Waals surface area (Å²) in [5.74, 6) is 0.0962. The molecule has 0 unspecified atom stereocenters. The van der Waals surface area contributed by atoms with E-state index in [1.807, 2.05) is 31.2 Å². The molecular formula is C19H21NO3. The third-order valence-corrected chi connectivity index (χ3v) is 4.25. The molecule has 0 fully saturated rings. The third-order valence-electron chi connectivity index (χ3n) is 4.25. The van der Waals surface area contributed by atoms with Gasteiger partial charge in [0.15, 0.2) is 0 Å². The van der Waals surface area contributed by atoms with Crippen molar-refractivity contribution in [1.29, 1.82) is 0 Å². The SMILES string of the molecule is C[C@H](CO)CNC(=O)OCC1c2ccccc2-c2ccccc21. The molecule has 23 heavy (non-hydrogen) atoms. The number of hydrogen-bond acceptors (Lipinski definition) is 3. The largest absolute Gasteiger partial charge is 0.449 e. The molecular weight excluding hydrogens is 290 g/mol. The van der Waals surface area contributed by atoms with Crippen molar-refractivity contribution < 1.29 is 14.6 Å². The molecule has 0 heterocycles. The Morgan fingerprint density at radius 3 is 2.26 bits per heavy atom. The highest BCUT2D eigenvalue weighted by Gasteiger charge is 2.28. The van der Waals surface area contributed by atoms with Crippen LogP contribution in [0.2, 0.25) is 0 Å². The number of ether oxygens (including phenoxy) is 1. The van der Waals surface area contributed by atoms with Crippen molar-refractivity contribution in [1.82, 2.24) is 5.32 Å². The number of rotatable bonds is 5. The van der Waals surface area contributed by atoms with Gasteiger partial charge in [-0.15, -0.1) is 0 Å². The van der Waals surface area contributed by atoms with Gasteiger partial charge in [0, 0.05) is 19.1 Å². The lowest BCUT2D eigenvalue weighted by Gasteiger charge is -2.15. The molecule has 1 atom stereocenters. The van der Waals surface area contributed by atoms with Crippen LogP contribution >= 0.6 is 0 Å². The van der Waals surface area contributed by atoms with Crippen molar-refractivity contribution in [3.63, 3.8) is 0 Å². The van der Waals surface area contributed by atoms with Crippen LogP contribution in [0.3, 0.4) is 0 Å². The van der Waals surface area contributed by atoms with Gasteiger partial charge in [0.05, 0.1) is 0 Å². The maximum absolute atomic E-state index is 11.8. The second kappa shape index (κ2) is 6.84. The number of benzene rings is 2. The Balaban J connectivity index is 1.70. The predicted octanol–water partition coefficient (Wildman–Crippen LogP) is 3.15. The van der Waals surface area contributed by atoms with E-state index in [9.17, 15) is 4.79 Å². The summed E-state index contributed by atoms with van der Waals surface area (Å²) in [4.78, 5) is 11.8. The minimum Gasteiger partial charge on any atom is -0.449 e. The summed E-state index contributed by atoms with van der Waals surface area (Å²) in [7, 11) is 0. The number of aliphatic hydroxyl groups is 1. The molecule has 2 aromatic carbocycles. The van der Waals surface area contributed by atoms with Crippen LogP contribution in [0.15, 0.2) is 48.5 Å². The molecule has 1 amide bonds. The summed E-state index contributed by atoms with van der Waals surface area (Å²) in [6.07, 6.45) is -0.438. The maximum atomic E-state index is 11.8. The molecule has 0 aliphatic heterocycles. The number of amides is 1. The van der Waals surface area contributed by atoms with Crippen LogP contribution in [0, 0.1) is 5.92 Å². The molecule has 0 spiro atoms. The van der Waals surface area contributed by atoms with E-state index in [-0.39, 0.29) is 18.4 Å². The number of carbonyl (C=O) groups is 1. The zero-order valence-corrected chi connectivity index (χ0v) is 13.2. The molecule has 0 radical (unpaired) electrons. The first-order valence-electron chi connectivity index (χ1n) is 7.90. The average molecular weight is 311 g/mol. The lowest BCUT2D eigenvalue weighted by atomic mass is 9.98. The van der Waals surface area contributed by atoms with Crippen LogP contribution in [-0.2, 0) is 4.74 Å². The summed E-state index contributed by atoms with van der Waals surface area (Å²) in [5, 5.41) is 11.7. The Bertz CT molecular complexity index is 653. The van der Waals surface area contributed by atoms with E-state index in [1.54, 1.807) is 0 Å². The average Bonchev–Trinajstić information content (AvgIpc) is 2.92. The Morgan fingerprint density at radius 1 is 1.13 bits per heavy atom. The molecule has 0 aromatic heterocycles. The third kappa shape index (κ3) is 3.22. The van der Waals surface area contributed by atoms with Gasteiger partial charge in [-0.25, -0.2) is 4.79 Å². The highest BCUT2D eigenvalue weighted by atomic mass is 16.5. The highest BCUT2D eigenvalue weighted by Crippen LogP contribution is 2.44. The van der Waals surface area contributed by atoms with Crippen LogP contribution in [0.4, 0.5) is 4.79 Å². The first-order valence-corrected chi connectivity index (χ1v) is 7.90. The van der Waals surface area contributed by atoms with Crippen molar-refractivity contribution in [2.45, 2.75) is 12.8 Å². The normalized spacial score (nSPS) is 14.0. The van der Waals surface area contributed by atoms with Gasteiger partial charge < -0.3 is 15.2 Å². The van der Waals surface area contributed by atoms with E-state index >= 15 is 0 Å². The smallest absolute Gasteiger partial charge is 0.407 e. The van der Waals surface area contributed by atoms with Gasteiger partial charge in [0.2, 0.25) is 0 Å². The van der Waals surface area contributed by atoms with Crippen LogP contribution in [0.1, 0.15) is 24.0 Å². The number of alkyl carbamates (subject to hydrolysis) is 1. The standard InChI is InChI=1S/C19H21NO3/c1-13(11-21)10-20-19(22)23-12-18-16-8-4-2-6-14(16)15-7-3-5-9-17(15)18/h2-9,13,18,21H,10-12H2,1H3,(H,20,22)/t13-/m0/s1. The minimum atomic E-state index is -0.438. The number of carbonyl (C=O) groups excluding carboxylic acids is 1. The van der Waals surface area contributed by atoms with Gasteiger partial charge in [-0.05, 0) is 28.2 Å². The summed E-state index contributed by atoms with van der Waals surface area (Å²) >= 11 is 0. The fourth-order valence-corrected chi connectivity index (χ4v) is 2.97. The quantitative estimate of drug-likeness (QED) is 0.892. The number of aliphatic hydroxyl groups excluding tert-OH is 1. The van der Waals surface area contributed by atoms with Gasteiger partial charge >= 0.3 is 6.09 Å². The van der Waals surface area contributed by atoms with Gasteiger partial charge in [0.25, 0.3) is 0 Å². The van der Waals surface area contributed by atoms with Gasteiger partial charge in [0.1, 0.15) is 6.61 Å². The topological polar surface area (TPSA) is 58.6 Å². The Kier molecular flexibility index (Phi) is 4.63. The highest BCUT2D eigenvalue weighted by molar-refractivity contribution is 5.79. The van der Waals surface area contributed by atoms with Crippen molar-refractivity contribution in [2.75, 3.05) is 19.8 Å². The lowest BCUT2D eigenvalue weighted by molar-refractivity contribution is 0.139. The second-order valence-corrected chi connectivity index (χ2v) is 5.99. The van der Waals surface area contributed by atoms with Crippen molar-refractivity contribution >= 4 is 6.09 Å². The summed E-state index contributed by atoms with van der Waals surface area (Å²) < 4.78 is 5.40. The van der Waals surface area contributed by atoms with Crippen molar-refractivity contribution in [2.24, 2.45) is 5.92 Å². The molecule has 120 valence electrons. The van der Waals surface area contributed by atoms with Gasteiger partial charge in [-0.3, -0.25) is 0 Å². The molecule has 4 heteroatoms. The molecule has 2 N–H and O–H groups in total. The Morgan fingerprint density at radius 2 is 1.70 bits per heavy atom. The Labute approximate surface area is 136 Å². The molecule has 2 aromatic rings. The first kappa shape index (κ1) is 15.6. The predicted molar refractivity (Wildman–Crippen MR) is 89.3 cm³/mol. The zero-order chi connectivity index (χ0) is 16.2. The number of fused-ring (bicyclic) bond motifs is 3. The summed E-state index contributed by atoms with van der Waals surface area (Å²) in [6, 6.07) is 16.5. The monoisotopic (exact) mass is 311 g/mol. The van der Waals surface area contributed by atoms with E-state index in [4.69, 9.17) is 9.84 Å². The second-order valence-electron chi connectivity index (χ2n) is 5.99. The van der Waals surface area contributed by atoms with Crippen LogP contribution in [0.25, 0.3) is 11.1 Å². The molecule has 0 saturated carbocycles. The Hall–Kier alpha value is -2.33. The van der Waals surface area contributed by atoms with Gasteiger partial charge in [-0.2, -0.15) is 0 Å². The minimum absolute atomic E-state index is 0.0236. The molecule has 1 aliphatic carbocycles. The van der Waals surface area contributed by atoms with Gasteiger partial charge in [-0.1, -0.05) is 55.5 Å². The zero-order valence-electron chi connectivity index (χ0n) is 13.2. The lowest BCUT2D eigenvalue weighted by Crippen LogP contribution is -2.31. The van der Waals surface area contributed by atoms with E-state index < -0.39 is 6.09 Å². The van der Waals surface area contributed by atoms with E-state index in [1.165, 1.54) is 22.3 Å². The maximum Gasteiger partial charge on any atom is 0.407 e. The molecule has 0 bridgehead atoms. The fourth-order valence-electron chi connectivity index (χ4n) is 2.97. The molecule has 3 rings (SSSR count). The molecule has 4 nitrogen and oxygen atoms in total. The van der Waals surface area contributed by atoms with Crippen LogP contribution < -0.4 is 5.32 Å². The molecule has 0 saturated heterocycles. The van der Waals surface area contributed by atoms with E-state index in [2.05, 4.69) is 29.6 Å². The molecule has 1 aliphatic rings. The van der Waals surface area contributed by atoms with Crippen molar-refractivity contribution in [3.05, 3.63) is 59.7 Å². The van der Waals surface area contributed by atoms with Crippen LogP contribution in [0.5, 0.6) is 0 Å². The fraction of sp³-hybridized carbons (Fsp3) is 0.316. The number of hydrogen-bond donors (Lipinski definition) is 2. The van der Waals surface area contributed by atoms with E-state index in [0.29, 0.717) is 13.2 Å². The number of nitrogens with one attached hydrogen (secondary N) is 1. The van der Waals surface area contributed by atoms with Crippen LogP contribution in [-0.4, -0.2) is 31.0 Å². The van der Waals surface area contributed by atoms with E-state index in [0.717, 1.165) is 0 Å². The summed E-state index contributed by atoms with van der Waals surface area (Å²) in [5.41, 5.74) is 4.83. The van der Waals surface area contributed by atoms with Crippen molar-refractivity contribution in [3.8, 4) is 11.1 Å². The summed E-state index contributed by atoms with van der Waals surface area (Å²) in [6.45, 7) is 2.63.